The fourth-order valence-electron chi connectivity index (χ4n) is 1.11. The van der Waals surface area contributed by atoms with E-state index >= 15 is 0 Å². The van der Waals surface area contributed by atoms with Crippen LogP contribution >= 0.6 is 11.5 Å². The van der Waals surface area contributed by atoms with Crippen molar-refractivity contribution in [3.8, 4) is 0 Å². The van der Waals surface area contributed by atoms with Crippen LogP contribution < -0.4 is 11.1 Å². The Morgan fingerprint density at radius 2 is 2.50 bits per heavy atom. The monoisotopic (exact) mass is 239 g/mol. The average molecular weight is 239 g/mol. The number of carbonyl (C=O) groups excluding carboxylic acids is 1. The van der Waals surface area contributed by atoms with Gasteiger partial charge in [-0.25, -0.2) is 0 Å². The fraction of sp³-hybridized carbons (Fsp3) is 0.286. The topological polar surface area (TPSA) is 112 Å². The van der Waals surface area contributed by atoms with Crippen LogP contribution in [0.2, 0.25) is 0 Å². The van der Waals surface area contributed by atoms with Crippen LogP contribution in [-0.4, -0.2) is 30.5 Å². The molecule has 0 unspecified atom stereocenters. The van der Waals surface area contributed by atoms with E-state index in [9.17, 15) is 4.79 Å². The highest BCUT2D eigenvalue weighted by molar-refractivity contribution is 7.09. The molecule has 16 heavy (non-hydrogen) atoms. The van der Waals surface area contributed by atoms with E-state index < -0.39 is 5.91 Å². The first-order valence-electron chi connectivity index (χ1n) is 4.50. The largest absolute Gasteiger partial charge is 0.396 e. The van der Waals surface area contributed by atoms with Gasteiger partial charge in [-0.05, 0) is 12.1 Å². The first-order valence-corrected chi connectivity index (χ1v) is 5.27. The van der Waals surface area contributed by atoms with E-state index in [0.717, 1.165) is 11.5 Å². The third-order valence-corrected chi connectivity index (χ3v) is 2.36. The second-order valence-corrected chi connectivity index (χ2v) is 3.64. The van der Waals surface area contributed by atoms with Crippen LogP contribution in [0.3, 0.4) is 0 Å². The summed E-state index contributed by atoms with van der Waals surface area (Å²) in [4.78, 5) is 11.7. The summed E-state index contributed by atoms with van der Waals surface area (Å²) in [5, 5.41) is 13.8. The number of hydrogen-bond acceptors (Lipinski definition) is 7. The Hall–Kier alpha value is -2.03. The molecule has 2 aromatic heterocycles. The number of amides is 1. The van der Waals surface area contributed by atoms with Crippen molar-refractivity contribution in [1.82, 2.24) is 24.6 Å². The van der Waals surface area contributed by atoms with Crippen LogP contribution in [0.15, 0.2) is 6.20 Å². The highest BCUT2D eigenvalue weighted by Gasteiger charge is 2.15. The summed E-state index contributed by atoms with van der Waals surface area (Å²) in [5.74, 6) is -0.414. The van der Waals surface area contributed by atoms with Crippen LogP contribution in [0.25, 0.3) is 0 Å². The smallest absolute Gasteiger partial charge is 0.280 e. The van der Waals surface area contributed by atoms with Gasteiger partial charge in [-0.1, -0.05) is 9.59 Å². The van der Waals surface area contributed by atoms with E-state index in [2.05, 4.69) is 25.2 Å². The van der Waals surface area contributed by atoms with E-state index in [1.165, 1.54) is 0 Å². The Bertz CT molecular complexity index is 491. The van der Waals surface area contributed by atoms with Crippen LogP contribution in [-0.2, 0) is 6.54 Å². The van der Waals surface area contributed by atoms with Crippen molar-refractivity contribution < 1.29 is 4.79 Å². The van der Waals surface area contributed by atoms with Crippen molar-refractivity contribution >= 4 is 28.3 Å². The zero-order valence-electron chi connectivity index (χ0n) is 8.41. The molecule has 2 aromatic rings. The van der Waals surface area contributed by atoms with Crippen LogP contribution in [0.4, 0.5) is 10.8 Å². The zero-order chi connectivity index (χ0) is 11.5. The normalized spacial score (nSPS) is 10.3. The average Bonchev–Trinajstić information content (AvgIpc) is 2.87. The fourth-order valence-corrected chi connectivity index (χ4v) is 1.48. The van der Waals surface area contributed by atoms with Crippen molar-refractivity contribution in [2.75, 3.05) is 11.1 Å². The molecule has 2 rings (SSSR count). The third-order valence-electron chi connectivity index (χ3n) is 1.85. The van der Waals surface area contributed by atoms with E-state index in [4.69, 9.17) is 5.73 Å². The Balaban J connectivity index is 2.17. The van der Waals surface area contributed by atoms with Gasteiger partial charge in [0.15, 0.2) is 5.69 Å². The summed E-state index contributed by atoms with van der Waals surface area (Å²) in [7, 11) is 0. The van der Waals surface area contributed by atoms with E-state index in [1.807, 2.05) is 6.92 Å². The summed E-state index contributed by atoms with van der Waals surface area (Å²) < 4.78 is 5.11. The molecule has 9 heteroatoms. The van der Waals surface area contributed by atoms with Crippen LogP contribution in [0, 0.1) is 0 Å². The number of anilines is 2. The number of nitrogens with two attached hydrogens (primary N) is 1. The zero-order valence-corrected chi connectivity index (χ0v) is 9.23. The lowest BCUT2D eigenvalue weighted by Gasteiger charge is -1.97. The van der Waals surface area contributed by atoms with Gasteiger partial charge in [0.05, 0.1) is 5.69 Å². The molecule has 0 fully saturated rings. The lowest BCUT2D eigenvalue weighted by molar-refractivity contribution is 0.102. The van der Waals surface area contributed by atoms with Gasteiger partial charge in [0.25, 0.3) is 5.91 Å². The number of carbonyl (C=O) groups is 1. The Morgan fingerprint density at radius 3 is 3.06 bits per heavy atom. The van der Waals surface area contributed by atoms with E-state index in [0.29, 0.717) is 17.4 Å². The standard InChI is InChI=1S/C7H9N7OS/c1-2-14-3-4(8)5(11-14)6(15)9-7-10-12-13-16-7/h3H,2,8H2,1H3,(H,9,10,13,15). The number of aryl methyl sites for hydroxylation is 1. The molecule has 3 N–H and O–H groups in total. The van der Waals surface area contributed by atoms with Gasteiger partial charge < -0.3 is 5.73 Å². The second kappa shape index (κ2) is 4.23. The van der Waals surface area contributed by atoms with Crippen molar-refractivity contribution in [3.05, 3.63) is 11.9 Å². The van der Waals surface area contributed by atoms with Crippen molar-refractivity contribution in [1.29, 1.82) is 0 Å². The quantitative estimate of drug-likeness (QED) is 0.778. The van der Waals surface area contributed by atoms with E-state index in [-0.39, 0.29) is 5.69 Å². The van der Waals surface area contributed by atoms with Crippen molar-refractivity contribution in [3.63, 3.8) is 0 Å². The predicted octanol–water partition coefficient (Wildman–Crippen LogP) is -0.0160. The Kier molecular flexibility index (Phi) is 2.77. The molecule has 2 heterocycles. The van der Waals surface area contributed by atoms with E-state index in [1.54, 1.807) is 10.9 Å². The lowest BCUT2D eigenvalue weighted by atomic mass is 10.3. The molecule has 8 nitrogen and oxygen atoms in total. The Labute approximate surface area is 94.6 Å². The summed E-state index contributed by atoms with van der Waals surface area (Å²) in [6.07, 6.45) is 1.60. The second-order valence-electron chi connectivity index (χ2n) is 2.91. The summed E-state index contributed by atoms with van der Waals surface area (Å²) in [6.45, 7) is 2.56. The van der Waals surface area contributed by atoms with Gasteiger partial charge in [0.2, 0.25) is 5.13 Å². The Morgan fingerprint density at radius 1 is 1.69 bits per heavy atom. The molecule has 0 saturated carbocycles. The van der Waals surface area contributed by atoms with Crippen molar-refractivity contribution in [2.24, 2.45) is 0 Å². The minimum Gasteiger partial charge on any atom is -0.396 e. The van der Waals surface area contributed by atoms with Gasteiger partial charge in [-0.15, -0.1) is 0 Å². The number of hydrogen-bond donors (Lipinski definition) is 2. The number of nitrogen functional groups attached to an aromatic ring is 1. The van der Waals surface area contributed by atoms with Crippen LogP contribution in [0.5, 0.6) is 0 Å². The number of nitrogens with one attached hydrogen (secondary N) is 1. The van der Waals surface area contributed by atoms with Gasteiger partial charge in [0, 0.05) is 24.3 Å². The molecule has 0 bridgehead atoms. The maximum atomic E-state index is 11.7. The first-order chi connectivity index (χ1) is 7.70. The molecule has 0 aliphatic carbocycles. The minimum atomic E-state index is -0.414. The van der Waals surface area contributed by atoms with Crippen LogP contribution in [0.1, 0.15) is 17.4 Å². The SMILES string of the molecule is CCn1cc(N)c(C(=O)Nc2nnns2)n1. The molecule has 1 amide bonds. The molecule has 0 spiro atoms. The summed E-state index contributed by atoms with van der Waals surface area (Å²) in [5.41, 5.74) is 6.16. The molecule has 0 radical (unpaired) electrons. The minimum absolute atomic E-state index is 0.178. The first kappa shape index (κ1) is 10.5. The highest BCUT2D eigenvalue weighted by Crippen LogP contribution is 2.12. The van der Waals surface area contributed by atoms with Gasteiger partial charge in [-0.2, -0.15) is 5.10 Å². The molecule has 0 saturated heterocycles. The molecule has 0 atom stereocenters. The maximum absolute atomic E-state index is 11.7. The maximum Gasteiger partial charge on any atom is 0.280 e. The molecule has 0 aromatic carbocycles. The molecule has 0 aliphatic rings. The third kappa shape index (κ3) is 1.98. The predicted molar refractivity (Wildman–Crippen MR) is 58.0 cm³/mol. The highest BCUT2D eigenvalue weighted by atomic mass is 32.1. The number of rotatable bonds is 3. The van der Waals surface area contributed by atoms with Gasteiger partial charge in [-0.3, -0.25) is 14.8 Å². The molecular weight excluding hydrogens is 230 g/mol. The number of aromatic nitrogens is 5. The molecule has 84 valence electrons. The summed E-state index contributed by atoms with van der Waals surface area (Å²) in [6, 6.07) is 0. The molecule has 0 aliphatic heterocycles. The van der Waals surface area contributed by atoms with Crippen molar-refractivity contribution in [2.45, 2.75) is 13.5 Å². The molecular formula is C7H9N7OS. The van der Waals surface area contributed by atoms with Gasteiger partial charge >= 0.3 is 0 Å². The lowest BCUT2D eigenvalue weighted by Crippen LogP contribution is -2.14. The summed E-state index contributed by atoms with van der Waals surface area (Å²) >= 11 is 0.985. The number of nitrogens with zero attached hydrogens (tertiary/aromatic N) is 5. The van der Waals surface area contributed by atoms with Gasteiger partial charge in [0.1, 0.15) is 0 Å².